The van der Waals surface area contributed by atoms with Crippen molar-refractivity contribution in [1.82, 2.24) is 25.4 Å². The number of aromatic amines is 1. The van der Waals surface area contributed by atoms with Crippen LogP contribution in [0.5, 0.6) is 5.75 Å². The summed E-state index contributed by atoms with van der Waals surface area (Å²) in [5.74, 6) is 0.758. The Labute approximate surface area is 212 Å². The average Bonchev–Trinajstić information content (AvgIpc) is 3.55. The molecule has 0 unspecified atom stereocenters. The first kappa shape index (κ1) is 24.7. The van der Waals surface area contributed by atoms with Crippen LogP contribution in [0.25, 0.3) is 10.9 Å². The number of nitrogens with zero attached hydrogens (tertiary/aromatic N) is 2. The van der Waals surface area contributed by atoms with Gasteiger partial charge in [0.15, 0.2) is 0 Å². The van der Waals surface area contributed by atoms with Gasteiger partial charge in [0.05, 0.1) is 19.8 Å². The predicted octanol–water partition coefficient (Wildman–Crippen LogP) is 3.63. The van der Waals surface area contributed by atoms with Crippen LogP contribution < -0.4 is 15.4 Å². The molecule has 1 aromatic carbocycles. The number of aliphatic hydroxyl groups excluding tert-OH is 1. The molecule has 9 nitrogen and oxygen atoms in total. The van der Waals surface area contributed by atoms with Crippen LogP contribution in [-0.4, -0.2) is 77.9 Å². The van der Waals surface area contributed by atoms with Crippen LogP contribution in [0.4, 0.5) is 9.59 Å². The zero-order valence-electron chi connectivity index (χ0n) is 21.4. The van der Waals surface area contributed by atoms with E-state index in [1.807, 2.05) is 28.9 Å². The summed E-state index contributed by atoms with van der Waals surface area (Å²) in [6.07, 6.45) is 6.71. The molecule has 9 heteroatoms. The highest BCUT2D eigenvalue weighted by molar-refractivity contribution is 5.89. The number of nitrogens with one attached hydrogen (secondary N) is 3. The van der Waals surface area contributed by atoms with Crippen LogP contribution in [-0.2, 0) is 5.41 Å². The van der Waals surface area contributed by atoms with Crippen molar-refractivity contribution < 1.29 is 19.4 Å². The van der Waals surface area contributed by atoms with E-state index in [4.69, 9.17) is 4.74 Å². The third kappa shape index (κ3) is 4.38. The number of carbonyl (C=O) groups excluding carboxylic acids is 2. The first-order valence-electron chi connectivity index (χ1n) is 13.4. The average molecular weight is 498 g/mol. The van der Waals surface area contributed by atoms with E-state index in [0.717, 1.165) is 67.3 Å². The number of carbonyl (C=O) groups is 2. The van der Waals surface area contributed by atoms with Gasteiger partial charge in [-0.3, -0.25) is 0 Å². The van der Waals surface area contributed by atoms with E-state index in [0.29, 0.717) is 26.2 Å². The lowest BCUT2D eigenvalue weighted by Crippen LogP contribution is -2.58. The number of hydrogen-bond donors (Lipinski definition) is 4. The van der Waals surface area contributed by atoms with Crippen molar-refractivity contribution >= 4 is 23.0 Å². The van der Waals surface area contributed by atoms with Crippen molar-refractivity contribution in [2.24, 2.45) is 0 Å². The molecule has 2 fully saturated rings. The molecule has 1 saturated heterocycles. The van der Waals surface area contributed by atoms with Gasteiger partial charge in [-0.2, -0.15) is 0 Å². The summed E-state index contributed by atoms with van der Waals surface area (Å²) >= 11 is 0. The summed E-state index contributed by atoms with van der Waals surface area (Å²) in [6.45, 7) is 4.33. The molecule has 0 radical (unpaired) electrons. The zero-order valence-corrected chi connectivity index (χ0v) is 21.4. The van der Waals surface area contributed by atoms with E-state index in [1.54, 1.807) is 7.11 Å². The Morgan fingerprint density at radius 1 is 1.19 bits per heavy atom. The maximum Gasteiger partial charge on any atom is 0.318 e. The zero-order chi connectivity index (χ0) is 25.3. The molecule has 1 atom stereocenters. The number of H-pyrrole nitrogens is 1. The highest BCUT2D eigenvalue weighted by atomic mass is 16.5. The molecule has 1 aliphatic carbocycles. The molecule has 4 amide bonds. The van der Waals surface area contributed by atoms with Crippen LogP contribution in [0.2, 0.25) is 0 Å². The Morgan fingerprint density at radius 2 is 1.94 bits per heavy atom. The molecule has 1 saturated carbocycles. The van der Waals surface area contributed by atoms with Crippen molar-refractivity contribution in [2.45, 2.75) is 69.4 Å². The van der Waals surface area contributed by atoms with Crippen molar-refractivity contribution in [3.63, 3.8) is 0 Å². The predicted molar refractivity (Wildman–Crippen MR) is 138 cm³/mol. The monoisotopic (exact) mass is 497 g/mol. The lowest BCUT2D eigenvalue weighted by Gasteiger charge is -2.50. The van der Waals surface area contributed by atoms with Gasteiger partial charge in [-0.1, -0.05) is 19.8 Å². The van der Waals surface area contributed by atoms with Gasteiger partial charge < -0.3 is 35.3 Å². The van der Waals surface area contributed by atoms with Gasteiger partial charge in [0.1, 0.15) is 5.75 Å². The topological polar surface area (TPSA) is 110 Å². The highest BCUT2D eigenvalue weighted by Crippen LogP contribution is 2.49. The normalized spacial score (nSPS) is 21.6. The number of benzene rings is 1. The molecule has 4 N–H and O–H groups in total. The van der Waals surface area contributed by atoms with Crippen molar-refractivity contribution in [2.75, 3.05) is 39.9 Å². The molecule has 2 aliphatic heterocycles. The molecular formula is C27H39N5O4. The summed E-state index contributed by atoms with van der Waals surface area (Å²) < 4.78 is 5.46. The number of likely N-dealkylation sites (tertiary alicyclic amines) is 1. The summed E-state index contributed by atoms with van der Waals surface area (Å²) in [4.78, 5) is 33.5. The van der Waals surface area contributed by atoms with Crippen LogP contribution in [0, 0.1) is 0 Å². The number of ether oxygens (including phenoxy) is 1. The Balaban J connectivity index is 1.51. The first-order valence-corrected chi connectivity index (χ1v) is 13.4. The van der Waals surface area contributed by atoms with Gasteiger partial charge in [0.25, 0.3) is 0 Å². The SMILES string of the molecule is CCCNC(=O)N1CCC2(CC1)CN(C(=O)NC1CCCC1)[C@H](CO)c1[nH]c3cc(OC)ccc3c12. The molecule has 0 bridgehead atoms. The van der Waals surface area contributed by atoms with Gasteiger partial charge in [-0.05, 0) is 49.8 Å². The Bertz CT molecular complexity index is 1100. The molecule has 3 heterocycles. The maximum atomic E-state index is 13.6. The number of fused-ring (bicyclic) bond motifs is 4. The number of piperidine rings is 1. The molecule has 2 aromatic rings. The van der Waals surface area contributed by atoms with Gasteiger partial charge >= 0.3 is 12.1 Å². The molecule has 1 aromatic heterocycles. The van der Waals surface area contributed by atoms with Gasteiger partial charge in [-0.25, -0.2) is 9.59 Å². The van der Waals surface area contributed by atoms with Crippen LogP contribution in [0.15, 0.2) is 18.2 Å². The van der Waals surface area contributed by atoms with E-state index >= 15 is 0 Å². The molecular weight excluding hydrogens is 458 g/mol. The second kappa shape index (κ2) is 10.2. The first-order chi connectivity index (χ1) is 17.5. The van der Waals surface area contributed by atoms with E-state index in [1.165, 1.54) is 5.56 Å². The van der Waals surface area contributed by atoms with Gasteiger partial charge in [0, 0.05) is 60.3 Å². The lowest BCUT2D eigenvalue weighted by molar-refractivity contribution is 0.0725. The molecule has 5 rings (SSSR count). The van der Waals surface area contributed by atoms with Crippen LogP contribution in [0.1, 0.15) is 69.2 Å². The number of amides is 4. The van der Waals surface area contributed by atoms with E-state index in [2.05, 4.69) is 21.7 Å². The summed E-state index contributed by atoms with van der Waals surface area (Å²) in [5.41, 5.74) is 2.72. The number of rotatable bonds is 5. The molecule has 1 spiro atoms. The summed E-state index contributed by atoms with van der Waals surface area (Å²) in [6, 6.07) is 5.65. The van der Waals surface area contributed by atoms with Crippen LogP contribution in [0.3, 0.4) is 0 Å². The third-order valence-corrected chi connectivity index (χ3v) is 8.40. The van der Waals surface area contributed by atoms with E-state index in [-0.39, 0.29) is 30.1 Å². The Hall–Kier alpha value is -2.94. The van der Waals surface area contributed by atoms with Crippen molar-refractivity contribution in [1.29, 1.82) is 0 Å². The molecule has 3 aliphatic rings. The number of aromatic nitrogens is 1. The van der Waals surface area contributed by atoms with E-state index < -0.39 is 6.04 Å². The minimum Gasteiger partial charge on any atom is -0.497 e. The quantitative estimate of drug-likeness (QED) is 0.506. The second-order valence-electron chi connectivity index (χ2n) is 10.6. The minimum atomic E-state index is -0.448. The number of methoxy groups -OCH3 is 1. The highest BCUT2D eigenvalue weighted by Gasteiger charge is 2.49. The fourth-order valence-electron chi connectivity index (χ4n) is 6.44. The fourth-order valence-corrected chi connectivity index (χ4v) is 6.44. The standard InChI is InChI=1S/C27H39N5O4/c1-3-12-28-25(34)31-13-10-27(11-14-31)17-32(26(35)29-18-6-4-5-7-18)22(16-33)24-23(27)20-9-8-19(36-2)15-21(20)30-24/h8-9,15,18,22,30,33H,3-7,10-14,16-17H2,1-2H3,(H,28,34)(H,29,35)/t22-/m1/s1. The largest absolute Gasteiger partial charge is 0.497 e. The fraction of sp³-hybridized carbons (Fsp3) is 0.630. The van der Waals surface area contributed by atoms with E-state index in [9.17, 15) is 14.7 Å². The lowest BCUT2D eigenvalue weighted by atomic mass is 9.68. The minimum absolute atomic E-state index is 0.0181. The van der Waals surface area contributed by atoms with Crippen molar-refractivity contribution in [3.8, 4) is 5.75 Å². The molecule has 196 valence electrons. The Kier molecular flexibility index (Phi) is 7.01. The maximum absolute atomic E-state index is 13.6. The molecule has 36 heavy (non-hydrogen) atoms. The smallest absolute Gasteiger partial charge is 0.318 e. The number of urea groups is 2. The summed E-state index contributed by atoms with van der Waals surface area (Å²) in [5, 5.41) is 17.8. The number of hydrogen-bond acceptors (Lipinski definition) is 4. The second-order valence-corrected chi connectivity index (χ2v) is 10.6. The van der Waals surface area contributed by atoms with Crippen LogP contribution >= 0.6 is 0 Å². The van der Waals surface area contributed by atoms with Crippen molar-refractivity contribution in [3.05, 3.63) is 29.5 Å². The third-order valence-electron chi connectivity index (χ3n) is 8.40. The van der Waals surface area contributed by atoms with Gasteiger partial charge in [-0.15, -0.1) is 0 Å². The number of aliphatic hydroxyl groups is 1. The van der Waals surface area contributed by atoms with Gasteiger partial charge in [0.2, 0.25) is 0 Å². The summed E-state index contributed by atoms with van der Waals surface area (Å²) in [7, 11) is 1.65. The Morgan fingerprint density at radius 3 is 2.61 bits per heavy atom.